The second-order valence-corrected chi connectivity index (χ2v) is 3.80. The maximum atomic E-state index is 11.7. The van der Waals surface area contributed by atoms with E-state index >= 15 is 0 Å². The van der Waals surface area contributed by atoms with Gasteiger partial charge in [0, 0.05) is 31.5 Å². The molecule has 1 saturated heterocycles. The molecular weight excluding hydrogens is 192 g/mol. The zero-order valence-electron chi connectivity index (χ0n) is 8.89. The van der Waals surface area contributed by atoms with Gasteiger partial charge in [0.25, 0.3) is 0 Å². The number of rotatable bonds is 2. The number of imidazole rings is 1. The molecule has 0 aromatic carbocycles. The van der Waals surface area contributed by atoms with Crippen LogP contribution < -0.4 is 5.32 Å². The highest BCUT2D eigenvalue weighted by atomic mass is 16.2. The predicted molar refractivity (Wildman–Crippen MR) is 56.7 cm³/mol. The first kappa shape index (κ1) is 10.2. The minimum absolute atomic E-state index is 0.0875. The summed E-state index contributed by atoms with van der Waals surface area (Å²) in [5.74, 6) is 0. The van der Waals surface area contributed by atoms with Crippen molar-refractivity contribution in [2.24, 2.45) is 0 Å². The van der Waals surface area contributed by atoms with Crippen LogP contribution in [-0.4, -0.2) is 46.2 Å². The Labute approximate surface area is 89.1 Å². The number of nitrogens with zero attached hydrogens (tertiary/aromatic N) is 3. The van der Waals surface area contributed by atoms with E-state index in [-0.39, 0.29) is 12.1 Å². The van der Waals surface area contributed by atoms with Crippen molar-refractivity contribution in [3.8, 4) is 0 Å². The monoisotopic (exact) mass is 208 g/mol. The minimum atomic E-state index is -0.0875. The van der Waals surface area contributed by atoms with Crippen LogP contribution in [0.2, 0.25) is 0 Å². The summed E-state index contributed by atoms with van der Waals surface area (Å²) in [5.41, 5.74) is 0. The molecule has 1 aromatic heterocycles. The number of likely N-dealkylation sites (N-methyl/N-ethyl adjacent to an activating group) is 1. The molecule has 5 nitrogen and oxygen atoms in total. The van der Waals surface area contributed by atoms with Gasteiger partial charge in [0.05, 0.1) is 0 Å². The average Bonchev–Trinajstić information content (AvgIpc) is 2.87. The summed E-state index contributed by atoms with van der Waals surface area (Å²) in [6, 6.07) is 0.190. The van der Waals surface area contributed by atoms with Crippen LogP contribution in [0.3, 0.4) is 0 Å². The minimum Gasteiger partial charge on any atom is -0.333 e. The van der Waals surface area contributed by atoms with Gasteiger partial charge in [-0.1, -0.05) is 6.92 Å². The van der Waals surface area contributed by atoms with Gasteiger partial charge in [-0.2, -0.15) is 0 Å². The fourth-order valence-electron chi connectivity index (χ4n) is 1.87. The van der Waals surface area contributed by atoms with E-state index in [1.54, 1.807) is 12.4 Å². The molecule has 0 bridgehead atoms. The Balaban J connectivity index is 1.86. The summed E-state index contributed by atoms with van der Waals surface area (Å²) in [7, 11) is 0. The smallest absolute Gasteiger partial charge is 0.327 e. The molecule has 0 spiro atoms. The van der Waals surface area contributed by atoms with Gasteiger partial charge in [-0.15, -0.1) is 0 Å². The number of carbonyl (C=O) groups excluding carboxylic acids is 1. The lowest BCUT2D eigenvalue weighted by Gasteiger charge is -2.14. The molecule has 0 saturated carbocycles. The second kappa shape index (κ2) is 4.44. The fraction of sp³-hybridized carbons (Fsp3) is 0.600. The zero-order chi connectivity index (χ0) is 10.7. The summed E-state index contributed by atoms with van der Waals surface area (Å²) < 4.78 is 1.47. The van der Waals surface area contributed by atoms with Gasteiger partial charge in [-0.05, 0) is 13.0 Å². The maximum Gasteiger partial charge on any atom is 0.327 e. The molecule has 1 aromatic rings. The predicted octanol–water partition coefficient (Wildman–Crippen LogP) is 0.535. The van der Waals surface area contributed by atoms with Gasteiger partial charge in [0.1, 0.15) is 6.33 Å². The van der Waals surface area contributed by atoms with E-state index in [1.807, 2.05) is 0 Å². The van der Waals surface area contributed by atoms with Crippen LogP contribution in [0.4, 0.5) is 4.79 Å². The Kier molecular flexibility index (Phi) is 3.01. The highest BCUT2D eigenvalue weighted by Crippen LogP contribution is 2.08. The first-order valence-corrected chi connectivity index (χ1v) is 5.30. The standard InChI is InChI=1S/C10H16N4O/c1-2-13-5-3-9(7-13)12-10(15)14-6-4-11-8-14/h4,6,8-9H,2-3,5,7H2,1H3,(H,12,15). The zero-order valence-corrected chi connectivity index (χ0v) is 8.89. The quantitative estimate of drug-likeness (QED) is 0.771. The summed E-state index contributed by atoms with van der Waals surface area (Å²) in [5, 5.41) is 2.99. The van der Waals surface area contributed by atoms with Crippen LogP contribution in [0.1, 0.15) is 13.3 Å². The van der Waals surface area contributed by atoms with Gasteiger partial charge in [-0.25, -0.2) is 9.78 Å². The van der Waals surface area contributed by atoms with Crippen LogP contribution >= 0.6 is 0 Å². The third-order valence-corrected chi connectivity index (χ3v) is 2.79. The van der Waals surface area contributed by atoms with E-state index in [0.717, 1.165) is 26.1 Å². The van der Waals surface area contributed by atoms with Gasteiger partial charge in [0.15, 0.2) is 0 Å². The number of carbonyl (C=O) groups is 1. The van der Waals surface area contributed by atoms with Crippen molar-refractivity contribution in [3.05, 3.63) is 18.7 Å². The van der Waals surface area contributed by atoms with Gasteiger partial charge < -0.3 is 10.2 Å². The van der Waals surface area contributed by atoms with Crippen LogP contribution in [0, 0.1) is 0 Å². The highest BCUT2D eigenvalue weighted by molar-refractivity contribution is 5.76. The number of hydrogen-bond donors (Lipinski definition) is 1. The molecule has 1 aliphatic rings. The molecule has 0 radical (unpaired) electrons. The molecule has 1 amide bonds. The van der Waals surface area contributed by atoms with Crippen molar-refractivity contribution in [1.29, 1.82) is 0 Å². The van der Waals surface area contributed by atoms with E-state index in [0.29, 0.717) is 0 Å². The van der Waals surface area contributed by atoms with Gasteiger partial charge in [-0.3, -0.25) is 4.57 Å². The normalized spacial score (nSPS) is 21.8. The van der Waals surface area contributed by atoms with Crippen molar-refractivity contribution < 1.29 is 4.79 Å². The largest absolute Gasteiger partial charge is 0.333 e. The lowest BCUT2D eigenvalue weighted by Crippen LogP contribution is -2.39. The molecule has 2 rings (SSSR count). The van der Waals surface area contributed by atoms with Crippen molar-refractivity contribution in [1.82, 2.24) is 19.8 Å². The number of likely N-dealkylation sites (tertiary alicyclic amines) is 1. The molecule has 1 unspecified atom stereocenters. The maximum absolute atomic E-state index is 11.7. The van der Waals surface area contributed by atoms with Crippen molar-refractivity contribution in [2.45, 2.75) is 19.4 Å². The Morgan fingerprint density at radius 2 is 2.53 bits per heavy atom. The number of amides is 1. The Morgan fingerprint density at radius 1 is 1.67 bits per heavy atom. The van der Waals surface area contributed by atoms with Crippen LogP contribution in [-0.2, 0) is 0 Å². The molecule has 0 aliphatic carbocycles. The second-order valence-electron chi connectivity index (χ2n) is 3.80. The molecule has 15 heavy (non-hydrogen) atoms. The summed E-state index contributed by atoms with van der Waals surface area (Å²) >= 11 is 0. The van der Waals surface area contributed by atoms with Crippen LogP contribution in [0.25, 0.3) is 0 Å². The molecule has 1 aliphatic heterocycles. The van der Waals surface area contributed by atoms with Crippen molar-refractivity contribution >= 4 is 6.03 Å². The Hall–Kier alpha value is -1.36. The molecule has 2 heterocycles. The molecule has 82 valence electrons. The van der Waals surface area contributed by atoms with Crippen molar-refractivity contribution in [3.63, 3.8) is 0 Å². The van der Waals surface area contributed by atoms with Gasteiger partial charge in [0.2, 0.25) is 0 Å². The van der Waals surface area contributed by atoms with E-state index in [9.17, 15) is 4.79 Å². The molecule has 1 atom stereocenters. The Morgan fingerprint density at radius 3 is 3.13 bits per heavy atom. The number of aromatic nitrogens is 2. The molecule has 1 fully saturated rings. The summed E-state index contributed by atoms with van der Waals surface area (Å²) in [6.07, 6.45) is 5.81. The SMILES string of the molecule is CCN1CCC(NC(=O)n2ccnc2)C1. The summed E-state index contributed by atoms with van der Waals surface area (Å²) in [6.45, 7) is 5.22. The fourth-order valence-corrected chi connectivity index (χ4v) is 1.87. The van der Waals surface area contributed by atoms with E-state index in [2.05, 4.69) is 22.1 Å². The first-order chi connectivity index (χ1) is 7.29. The Bertz CT molecular complexity index is 322. The van der Waals surface area contributed by atoms with Crippen LogP contribution in [0.15, 0.2) is 18.7 Å². The van der Waals surface area contributed by atoms with Crippen LogP contribution in [0.5, 0.6) is 0 Å². The van der Waals surface area contributed by atoms with Crippen molar-refractivity contribution in [2.75, 3.05) is 19.6 Å². The topological polar surface area (TPSA) is 50.2 Å². The average molecular weight is 208 g/mol. The van der Waals surface area contributed by atoms with Gasteiger partial charge >= 0.3 is 6.03 Å². The molecule has 1 N–H and O–H groups in total. The van der Waals surface area contributed by atoms with E-state index in [1.165, 1.54) is 10.9 Å². The molecular formula is C10H16N4O. The highest BCUT2D eigenvalue weighted by Gasteiger charge is 2.22. The number of hydrogen-bond acceptors (Lipinski definition) is 3. The number of nitrogens with one attached hydrogen (secondary N) is 1. The summed E-state index contributed by atoms with van der Waals surface area (Å²) in [4.78, 5) is 17.8. The lowest BCUT2D eigenvalue weighted by atomic mass is 10.3. The lowest BCUT2D eigenvalue weighted by molar-refractivity contribution is 0.238. The molecule has 5 heteroatoms. The third-order valence-electron chi connectivity index (χ3n) is 2.79. The first-order valence-electron chi connectivity index (χ1n) is 5.30. The van der Waals surface area contributed by atoms with E-state index in [4.69, 9.17) is 0 Å². The third kappa shape index (κ3) is 2.36. The van der Waals surface area contributed by atoms with E-state index < -0.39 is 0 Å².